The van der Waals surface area contributed by atoms with E-state index in [2.05, 4.69) is 5.32 Å². The third-order valence-electron chi connectivity index (χ3n) is 2.57. The maximum absolute atomic E-state index is 11.6. The minimum absolute atomic E-state index is 0.0190. The van der Waals surface area contributed by atoms with Gasteiger partial charge in [0.1, 0.15) is 5.75 Å². The van der Waals surface area contributed by atoms with Crippen molar-refractivity contribution in [2.45, 2.75) is 19.3 Å². The van der Waals surface area contributed by atoms with Gasteiger partial charge in [-0.1, -0.05) is 11.6 Å². The smallest absolute Gasteiger partial charge is 0.220 e. The number of halogens is 1. The number of amides is 1. The van der Waals surface area contributed by atoms with E-state index in [1.165, 1.54) is 0 Å². The molecule has 1 aromatic carbocycles. The summed E-state index contributed by atoms with van der Waals surface area (Å²) in [6.07, 6.45) is 1.83. The third-order valence-corrected chi connectivity index (χ3v) is 2.80. The van der Waals surface area contributed by atoms with Gasteiger partial charge in [0, 0.05) is 18.0 Å². The van der Waals surface area contributed by atoms with Crippen molar-refractivity contribution in [3.05, 3.63) is 28.8 Å². The first kappa shape index (κ1) is 14.8. The number of carbonyl (C=O) groups excluding carboxylic acids is 1. The topological polar surface area (TPSA) is 64.3 Å². The number of carbonyl (C=O) groups is 1. The molecule has 1 rings (SSSR count). The highest BCUT2D eigenvalue weighted by Crippen LogP contribution is 2.23. The molecule has 0 saturated heterocycles. The minimum Gasteiger partial charge on any atom is -0.496 e. The number of aryl methyl sites for hydroxylation is 1. The molecule has 3 N–H and O–H groups in total. The lowest BCUT2D eigenvalue weighted by atomic mass is 10.1. The molecule has 0 saturated carbocycles. The second-order valence-electron chi connectivity index (χ2n) is 3.95. The zero-order chi connectivity index (χ0) is 13.4. The van der Waals surface area contributed by atoms with Crippen LogP contribution in [-0.2, 0) is 11.2 Å². The number of methoxy groups -OCH3 is 1. The Bertz CT molecular complexity index is 397. The Morgan fingerprint density at radius 2 is 2.28 bits per heavy atom. The summed E-state index contributed by atoms with van der Waals surface area (Å²) in [6.45, 7) is 1.21. The Morgan fingerprint density at radius 1 is 1.50 bits per heavy atom. The van der Waals surface area contributed by atoms with E-state index in [1.54, 1.807) is 13.2 Å². The lowest BCUT2D eigenvalue weighted by molar-refractivity contribution is -0.121. The van der Waals surface area contributed by atoms with Gasteiger partial charge in [-0.15, -0.1) is 0 Å². The summed E-state index contributed by atoms with van der Waals surface area (Å²) >= 11 is 5.92. The summed E-state index contributed by atoms with van der Waals surface area (Å²) in [5.74, 6) is 0.777. The standard InChI is InChI=1S/C13H19ClN2O2/c1-18-12-5-4-11(14)9-10(12)3-6-13(17)16-8-2-7-15/h4-5,9H,2-3,6-8,15H2,1H3,(H,16,17). The van der Waals surface area contributed by atoms with Crippen molar-refractivity contribution in [2.24, 2.45) is 5.73 Å². The average molecular weight is 271 g/mol. The van der Waals surface area contributed by atoms with Gasteiger partial charge >= 0.3 is 0 Å². The molecular weight excluding hydrogens is 252 g/mol. The summed E-state index contributed by atoms with van der Waals surface area (Å²) in [5, 5.41) is 3.46. The molecule has 0 bridgehead atoms. The van der Waals surface area contributed by atoms with E-state index in [0.717, 1.165) is 17.7 Å². The SMILES string of the molecule is COc1ccc(Cl)cc1CCC(=O)NCCCN. The zero-order valence-corrected chi connectivity index (χ0v) is 11.3. The quantitative estimate of drug-likeness (QED) is 0.742. The zero-order valence-electron chi connectivity index (χ0n) is 10.5. The summed E-state index contributed by atoms with van der Waals surface area (Å²) in [4.78, 5) is 11.6. The number of nitrogens with one attached hydrogen (secondary N) is 1. The van der Waals surface area contributed by atoms with Crippen LogP contribution in [0.15, 0.2) is 18.2 Å². The van der Waals surface area contributed by atoms with Gasteiger partial charge in [0.05, 0.1) is 7.11 Å². The van der Waals surface area contributed by atoms with E-state index in [-0.39, 0.29) is 5.91 Å². The van der Waals surface area contributed by atoms with Crippen LogP contribution in [0.1, 0.15) is 18.4 Å². The van der Waals surface area contributed by atoms with E-state index in [1.807, 2.05) is 12.1 Å². The monoisotopic (exact) mass is 270 g/mol. The molecule has 0 atom stereocenters. The van der Waals surface area contributed by atoms with Crippen LogP contribution in [-0.4, -0.2) is 26.1 Å². The fourth-order valence-corrected chi connectivity index (χ4v) is 1.80. The maximum atomic E-state index is 11.6. The minimum atomic E-state index is 0.0190. The van der Waals surface area contributed by atoms with Gasteiger partial charge in [0.25, 0.3) is 0 Å². The molecule has 0 aliphatic carbocycles. The predicted molar refractivity (Wildman–Crippen MR) is 73.0 cm³/mol. The number of nitrogens with two attached hydrogens (primary N) is 1. The van der Waals surface area contributed by atoms with Crippen molar-refractivity contribution in [1.29, 1.82) is 0 Å². The van der Waals surface area contributed by atoms with Crippen LogP contribution >= 0.6 is 11.6 Å². The van der Waals surface area contributed by atoms with Crippen LogP contribution < -0.4 is 15.8 Å². The number of rotatable bonds is 7. The van der Waals surface area contributed by atoms with E-state index in [4.69, 9.17) is 22.1 Å². The van der Waals surface area contributed by atoms with Gasteiger partial charge in [-0.25, -0.2) is 0 Å². The molecule has 0 aromatic heterocycles. The average Bonchev–Trinajstić information content (AvgIpc) is 2.37. The molecule has 4 nitrogen and oxygen atoms in total. The molecule has 0 fully saturated rings. The van der Waals surface area contributed by atoms with Crippen molar-refractivity contribution < 1.29 is 9.53 Å². The largest absolute Gasteiger partial charge is 0.496 e. The van der Waals surface area contributed by atoms with E-state index >= 15 is 0 Å². The molecule has 1 amide bonds. The van der Waals surface area contributed by atoms with E-state index < -0.39 is 0 Å². The summed E-state index contributed by atoms with van der Waals surface area (Å²) in [5.41, 5.74) is 6.30. The lowest BCUT2D eigenvalue weighted by Gasteiger charge is -2.09. The molecule has 0 aliphatic rings. The summed E-state index contributed by atoms with van der Waals surface area (Å²) < 4.78 is 5.22. The summed E-state index contributed by atoms with van der Waals surface area (Å²) in [6, 6.07) is 5.41. The van der Waals surface area contributed by atoms with Crippen molar-refractivity contribution in [3.63, 3.8) is 0 Å². The second kappa shape index (κ2) is 7.95. The highest BCUT2D eigenvalue weighted by molar-refractivity contribution is 6.30. The first-order valence-corrected chi connectivity index (χ1v) is 6.34. The van der Waals surface area contributed by atoms with Crippen LogP contribution in [0.5, 0.6) is 5.75 Å². The van der Waals surface area contributed by atoms with Crippen LogP contribution in [0, 0.1) is 0 Å². The highest BCUT2D eigenvalue weighted by atomic mass is 35.5. The van der Waals surface area contributed by atoms with Crippen LogP contribution in [0.4, 0.5) is 0 Å². The first-order valence-electron chi connectivity index (χ1n) is 5.96. The molecule has 1 aromatic rings. The van der Waals surface area contributed by atoms with Crippen molar-refractivity contribution in [2.75, 3.05) is 20.2 Å². The van der Waals surface area contributed by atoms with E-state index in [9.17, 15) is 4.79 Å². The van der Waals surface area contributed by atoms with Crippen LogP contribution in [0.25, 0.3) is 0 Å². The molecule has 0 unspecified atom stereocenters. The van der Waals surface area contributed by atoms with Crippen molar-refractivity contribution >= 4 is 17.5 Å². The number of benzene rings is 1. The fraction of sp³-hybridized carbons (Fsp3) is 0.462. The predicted octanol–water partition coefficient (Wildman–Crippen LogP) is 1.75. The first-order chi connectivity index (χ1) is 8.67. The number of hydrogen-bond acceptors (Lipinski definition) is 3. The third kappa shape index (κ3) is 4.94. The van der Waals surface area contributed by atoms with Crippen LogP contribution in [0.2, 0.25) is 5.02 Å². The molecule has 5 heteroatoms. The Morgan fingerprint density at radius 3 is 2.94 bits per heavy atom. The second-order valence-corrected chi connectivity index (χ2v) is 4.38. The van der Waals surface area contributed by atoms with Gasteiger partial charge in [-0.05, 0) is 43.1 Å². The molecule has 18 heavy (non-hydrogen) atoms. The van der Waals surface area contributed by atoms with Crippen molar-refractivity contribution in [1.82, 2.24) is 5.32 Å². The van der Waals surface area contributed by atoms with Gasteiger partial charge in [0.2, 0.25) is 5.91 Å². The Hall–Kier alpha value is -1.26. The summed E-state index contributed by atoms with van der Waals surface area (Å²) in [7, 11) is 1.61. The molecule has 100 valence electrons. The Balaban J connectivity index is 2.47. The fourth-order valence-electron chi connectivity index (χ4n) is 1.61. The maximum Gasteiger partial charge on any atom is 0.220 e. The molecule has 0 radical (unpaired) electrons. The highest BCUT2D eigenvalue weighted by Gasteiger charge is 2.07. The Kier molecular flexibility index (Phi) is 6.54. The van der Waals surface area contributed by atoms with Crippen molar-refractivity contribution in [3.8, 4) is 5.75 Å². The van der Waals surface area contributed by atoms with E-state index in [0.29, 0.717) is 31.0 Å². The molecule has 0 aliphatic heterocycles. The van der Waals surface area contributed by atoms with Gasteiger partial charge in [-0.3, -0.25) is 4.79 Å². The Labute approximate surface area is 112 Å². The molecule has 0 heterocycles. The van der Waals surface area contributed by atoms with Gasteiger partial charge < -0.3 is 15.8 Å². The normalized spacial score (nSPS) is 10.2. The van der Waals surface area contributed by atoms with Gasteiger partial charge in [0.15, 0.2) is 0 Å². The molecular formula is C13H19ClN2O2. The van der Waals surface area contributed by atoms with Gasteiger partial charge in [-0.2, -0.15) is 0 Å². The lowest BCUT2D eigenvalue weighted by Crippen LogP contribution is -2.26. The number of ether oxygens (including phenoxy) is 1. The van der Waals surface area contributed by atoms with Crippen LogP contribution in [0.3, 0.4) is 0 Å². The molecule has 0 spiro atoms. The number of hydrogen-bond donors (Lipinski definition) is 2.